The second-order valence-electron chi connectivity index (χ2n) is 13.1. The Hall–Kier alpha value is -5.67. The summed E-state index contributed by atoms with van der Waals surface area (Å²) in [5, 5.41) is 3.04. The highest BCUT2D eigenvalue weighted by molar-refractivity contribution is 5.98. The molecule has 1 aliphatic heterocycles. The Morgan fingerprint density at radius 2 is 1.54 bits per heavy atom. The molecule has 0 radical (unpaired) electrons. The van der Waals surface area contributed by atoms with E-state index in [9.17, 15) is 4.79 Å². The highest BCUT2D eigenvalue weighted by Gasteiger charge is 2.24. The molecule has 0 aliphatic carbocycles. The van der Waals surface area contributed by atoms with Gasteiger partial charge < -0.3 is 14.5 Å². The normalized spacial score (nSPS) is 14.0. The Morgan fingerprint density at radius 1 is 0.800 bits per heavy atom. The van der Waals surface area contributed by atoms with Crippen molar-refractivity contribution >= 4 is 28.0 Å². The van der Waals surface area contributed by atoms with Crippen LogP contribution in [0.4, 0.5) is 0 Å². The molecule has 0 bridgehead atoms. The summed E-state index contributed by atoms with van der Waals surface area (Å²) in [6.07, 6.45) is 8.51. The van der Waals surface area contributed by atoms with Gasteiger partial charge in [0.2, 0.25) is 0 Å². The van der Waals surface area contributed by atoms with E-state index in [0.717, 1.165) is 84.8 Å². The highest BCUT2D eigenvalue weighted by Crippen LogP contribution is 2.33. The van der Waals surface area contributed by atoms with Crippen molar-refractivity contribution in [1.29, 1.82) is 0 Å². The van der Waals surface area contributed by atoms with Gasteiger partial charge in [0, 0.05) is 67.8 Å². The van der Waals surface area contributed by atoms with Gasteiger partial charge in [0.25, 0.3) is 5.91 Å². The van der Waals surface area contributed by atoms with E-state index in [1.165, 1.54) is 11.1 Å². The summed E-state index contributed by atoms with van der Waals surface area (Å²) >= 11 is 0. The van der Waals surface area contributed by atoms with Gasteiger partial charge in [0.05, 0.1) is 39.8 Å². The Balaban J connectivity index is 0.983. The van der Waals surface area contributed by atoms with E-state index in [1.807, 2.05) is 47.2 Å². The molecule has 4 heterocycles. The van der Waals surface area contributed by atoms with Crippen molar-refractivity contribution < 1.29 is 4.79 Å². The Kier molecular flexibility index (Phi) is 8.88. The van der Waals surface area contributed by atoms with Crippen LogP contribution in [-0.4, -0.2) is 59.5 Å². The molecule has 1 N–H and O–H groups in total. The molecule has 1 saturated heterocycles. The van der Waals surface area contributed by atoms with Crippen molar-refractivity contribution in [3.05, 3.63) is 133 Å². The molecular weight excluding hydrogens is 621 g/mol. The second kappa shape index (κ2) is 14.1. The fourth-order valence-corrected chi connectivity index (χ4v) is 7.17. The van der Waals surface area contributed by atoms with Crippen molar-refractivity contribution in [2.45, 2.75) is 45.3 Å². The van der Waals surface area contributed by atoms with Crippen LogP contribution in [0.1, 0.15) is 47.1 Å². The smallest absolute Gasteiger partial charge is 0.251 e. The van der Waals surface area contributed by atoms with Gasteiger partial charge in [-0.1, -0.05) is 66.7 Å². The number of carbonyl (C=O) groups excluding carboxylic acids is 1. The van der Waals surface area contributed by atoms with Crippen molar-refractivity contribution in [2.75, 3.05) is 19.6 Å². The number of nitrogens with zero attached hydrogens (tertiary/aromatic N) is 7. The quantitative estimate of drug-likeness (QED) is 0.153. The topological polar surface area (TPSA) is 93.8 Å². The van der Waals surface area contributed by atoms with Gasteiger partial charge in [-0.2, -0.15) is 0 Å². The monoisotopic (exact) mass is 660 g/mol. The number of hydrogen-bond acceptors (Lipinski definition) is 6. The summed E-state index contributed by atoms with van der Waals surface area (Å²) < 4.78 is 4.45. The van der Waals surface area contributed by atoms with Crippen LogP contribution in [0, 0.1) is 6.92 Å². The van der Waals surface area contributed by atoms with Crippen LogP contribution in [0.15, 0.2) is 116 Å². The van der Waals surface area contributed by atoms with Gasteiger partial charge >= 0.3 is 0 Å². The zero-order valence-corrected chi connectivity index (χ0v) is 28.2. The standard InChI is InChI=1S/C41H40N8O/c1-29-44-36-10-5-6-11-38(36)49(29)34-18-23-47(24-19-34)27-30-12-14-32(15-13-30)40-39(31-8-3-2-4-9-31)45-35-17-16-33(26-37(35)46-40)41(50)43-20-7-22-48-25-21-42-28-48/h2-6,8-17,21,25-26,28,34H,7,18-20,22-24,27H2,1H3,(H,43,50). The summed E-state index contributed by atoms with van der Waals surface area (Å²) in [6.45, 7) is 6.51. The summed E-state index contributed by atoms with van der Waals surface area (Å²) in [5.41, 5.74) is 9.25. The minimum Gasteiger partial charge on any atom is -0.352 e. The number of para-hydroxylation sites is 2. The number of imidazole rings is 2. The first-order chi connectivity index (χ1) is 24.6. The van der Waals surface area contributed by atoms with Gasteiger partial charge in [0.1, 0.15) is 5.82 Å². The average Bonchev–Trinajstić information content (AvgIpc) is 3.81. The lowest BCUT2D eigenvalue weighted by Gasteiger charge is -2.33. The van der Waals surface area contributed by atoms with Crippen LogP contribution in [-0.2, 0) is 13.1 Å². The zero-order chi connectivity index (χ0) is 33.9. The third-order valence-electron chi connectivity index (χ3n) is 9.74. The molecule has 50 heavy (non-hydrogen) atoms. The molecule has 0 atom stereocenters. The van der Waals surface area contributed by atoms with E-state index < -0.39 is 0 Å². The van der Waals surface area contributed by atoms with E-state index in [-0.39, 0.29) is 5.91 Å². The molecule has 0 saturated carbocycles. The van der Waals surface area contributed by atoms with E-state index in [0.29, 0.717) is 23.7 Å². The van der Waals surface area contributed by atoms with Crippen molar-refractivity contribution in [1.82, 2.24) is 39.3 Å². The Labute approximate surface area is 291 Å². The van der Waals surface area contributed by atoms with Crippen molar-refractivity contribution in [3.63, 3.8) is 0 Å². The molecule has 9 nitrogen and oxygen atoms in total. The molecule has 1 amide bonds. The van der Waals surface area contributed by atoms with E-state index >= 15 is 0 Å². The number of piperidine rings is 1. The molecule has 1 aliphatic rings. The number of fused-ring (bicyclic) bond motifs is 2. The van der Waals surface area contributed by atoms with Gasteiger partial charge in [-0.3, -0.25) is 9.69 Å². The average molecular weight is 661 g/mol. The highest BCUT2D eigenvalue weighted by atomic mass is 16.1. The van der Waals surface area contributed by atoms with E-state index in [2.05, 4.69) is 87.4 Å². The van der Waals surface area contributed by atoms with Crippen molar-refractivity contribution in [2.24, 2.45) is 0 Å². The third kappa shape index (κ3) is 6.64. The third-order valence-corrected chi connectivity index (χ3v) is 9.74. The first-order valence-corrected chi connectivity index (χ1v) is 17.5. The fraction of sp³-hybridized carbons (Fsp3) is 0.244. The fourth-order valence-electron chi connectivity index (χ4n) is 7.17. The lowest BCUT2D eigenvalue weighted by atomic mass is 10.0. The summed E-state index contributed by atoms with van der Waals surface area (Å²) in [4.78, 5) is 34.7. The molecule has 8 rings (SSSR count). The number of benzene rings is 4. The molecule has 250 valence electrons. The summed E-state index contributed by atoms with van der Waals surface area (Å²) in [7, 11) is 0. The number of rotatable bonds is 10. The number of aryl methyl sites for hydroxylation is 2. The largest absolute Gasteiger partial charge is 0.352 e. The first-order valence-electron chi connectivity index (χ1n) is 17.5. The van der Waals surface area contributed by atoms with Crippen LogP contribution >= 0.6 is 0 Å². The van der Waals surface area contributed by atoms with Gasteiger partial charge in [-0.05, 0) is 62.1 Å². The molecule has 3 aromatic heterocycles. The van der Waals surface area contributed by atoms with Crippen LogP contribution in [0.2, 0.25) is 0 Å². The number of aromatic nitrogens is 6. The van der Waals surface area contributed by atoms with Crippen molar-refractivity contribution in [3.8, 4) is 22.5 Å². The number of likely N-dealkylation sites (tertiary alicyclic amines) is 1. The predicted octanol–water partition coefficient (Wildman–Crippen LogP) is 7.48. The van der Waals surface area contributed by atoms with Gasteiger partial charge in [0.15, 0.2) is 0 Å². The van der Waals surface area contributed by atoms with E-state index in [1.54, 1.807) is 12.5 Å². The molecule has 7 aromatic rings. The number of carbonyl (C=O) groups is 1. The molecule has 0 unspecified atom stereocenters. The molecule has 0 spiro atoms. The summed E-state index contributed by atoms with van der Waals surface area (Å²) in [5.74, 6) is 0.985. The Bertz CT molecular complexity index is 2240. The van der Waals surface area contributed by atoms with Crippen LogP contribution in [0.3, 0.4) is 0 Å². The van der Waals surface area contributed by atoms with Crippen LogP contribution in [0.25, 0.3) is 44.6 Å². The molecule has 1 fully saturated rings. The summed E-state index contributed by atoms with van der Waals surface area (Å²) in [6, 6.07) is 33.4. The van der Waals surface area contributed by atoms with Crippen LogP contribution in [0.5, 0.6) is 0 Å². The van der Waals surface area contributed by atoms with E-state index in [4.69, 9.17) is 15.0 Å². The minimum absolute atomic E-state index is 0.116. The zero-order valence-electron chi connectivity index (χ0n) is 28.2. The lowest BCUT2D eigenvalue weighted by Crippen LogP contribution is -2.34. The molecule has 9 heteroatoms. The second-order valence-corrected chi connectivity index (χ2v) is 13.1. The molecule has 4 aromatic carbocycles. The first kappa shape index (κ1) is 31.6. The van der Waals surface area contributed by atoms with Gasteiger partial charge in [-0.15, -0.1) is 0 Å². The lowest BCUT2D eigenvalue weighted by molar-refractivity contribution is 0.0953. The number of amides is 1. The maximum atomic E-state index is 13.1. The van der Waals surface area contributed by atoms with Crippen LogP contribution < -0.4 is 5.32 Å². The predicted molar refractivity (Wildman–Crippen MR) is 198 cm³/mol. The SMILES string of the molecule is Cc1nc2ccccc2n1C1CCN(Cc2ccc(-c3nc4cc(C(=O)NCCCn5ccnc5)ccc4nc3-c3ccccc3)cc2)CC1. The Morgan fingerprint density at radius 3 is 2.32 bits per heavy atom. The number of nitrogens with one attached hydrogen (secondary N) is 1. The minimum atomic E-state index is -0.116. The maximum Gasteiger partial charge on any atom is 0.251 e. The van der Waals surface area contributed by atoms with Gasteiger partial charge in [-0.25, -0.2) is 19.9 Å². The molecular formula is C41H40N8O. The maximum absolute atomic E-state index is 13.1. The number of hydrogen-bond donors (Lipinski definition) is 1.